The van der Waals surface area contributed by atoms with Gasteiger partial charge in [-0.05, 0) is 82.4 Å². The summed E-state index contributed by atoms with van der Waals surface area (Å²) >= 11 is 5.00. The molecule has 0 aliphatic rings. The van der Waals surface area contributed by atoms with E-state index in [0.29, 0.717) is 11.1 Å². The third-order valence-corrected chi connectivity index (χ3v) is 6.93. The molecule has 0 spiro atoms. The zero-order valence-electron chi connectivity index (χ0n) is 17.1. The number of aromatic nitrogens is 2. The summed E-state index contributed by atoms with van der Waals surface area (Å²) in [6, 6.07) is 20.0. The molecule has 0 amide bonds. The largest absolute Gasteiger partial charge is 0.488 e. The van der Waals surface area contributed by atoms with E-state index >= 15 is 0 Å². The van der Waals surface area contributed by atoms with Crippen LogP contribution in [-0.2, 0) is 6.61 Å². The third kappa shape index (κ3) is 3.77. The van der Waals surface area contributed by atoms with Gasteiger partial charge in [0.05, 0.1) is 20.0 Å². The molecule has 0 unspecified atom stereocenters. The molecule has 0 saturated carbocycles. The van der Waals surface area contributed by atoms with Gasteiger partial charge in [0.25, 0.3) is 5.56 Å². The molecular weight excluding hydrogens is 472 g/mol. The van der Waals surface area contributed by atoms with Crippen LogP contribution in [0.1, 0.15) is 22.3 Å². The van der Waals surface area contributed by atoms with Crippen LogP contribution in [-0.4, -0.2) is 9.38 Å². The van der Waals surface area contributed by atoms with Crippen molar-refractivity contribution < 1.29 is 4.74 Å². The van der Waals surface area contributed by atoms with Crippen molar-refractivity contribution in [3.8, 4) is 5.75 Å². The van der Waals surface area contributed by atoms with Gasteiger partial charge in [-0.15, -0.1) is 0 Å². The predicted octanol–water partition coefficient (Wildman–Crippen LogP) is 5.42. The van der Waals surface area contributed by atoms with Crippen LogP contribution in [0.4, 0.5) is 0 Å². The highest BCUT2D eigenvalue weighted by molar-refractivity contribution is 9.10. The van der Waals surface area contributed by atoms with Crippen molar-refractivity contribution in [1.82, 2.24) is 9.38 Å². The molecule has 4 nitrogen and oxygen atoms in total. The Balaban J connectivity index is 1.48. The number of hydrogen-bond donors (Lipinski definition) is 0. The topological polar surface area (TPSA) is 43.6 Å². The SMILES string of the molecule is Cc1cc2nc3s/c(=C\c4ccc(OCc5ccccc5)c(Br)c4)c(=O)n3c2cc1C. The van der Waals surface area contributed by atoms with Crippen molar-refractivity contribution in [2.45, 2.75) is 20.5 Å². The fourth-order valence-electron chi connectivity index (χ4n) is 3.53. The lowest BCUT2D eigenvalue weighted by Crippen LogP contribution is -2.22. The minimum Gasteiger partial charge on any atom is -0.488 e. The Bertz CT molecular complexity index is 1540. The van der Waals surface area contributed by atoms with E-state index in [1.165, 1.54) is 16.9 Å². The van der Waals surface area contributed by atoms with Crippen molar-refractivity contribution in [2.75, 3.05) is 0 Å². The van der Waals surface area contributed by atoms with Crippen molar-refractivity contribution in [3.05, 3.63) is 102 Å². The predicted molar refractivity (Wildman–Crippen MR) is 130 cm³/mol. The Morgan fingerprint density at radius 1 is 1.06 bits per heavy atom. The molecule has 5 aromatic rings. The Morgan fingerprint density at radius 3 is 2.61 bits per heavy atom. The summed E-state index contributed by atoms with van der Waals surface area (Å²) in [5, 5.41) is 0. The van der Waals surface area contributed by atoms with Crippen LogP contribution in [0.2, 0.25) is 0 Å². The number of fused-ring (bicyclic) bond motifs is 3. The monoisotopic (exact) mass is 490 g/mol. The standard InChI is InChI=1S/C25H19BrN2O2S/c1-15-10-20-21(11-16(15)2)28-24(29)23(31-25(28)27-20)13-18-8-9-22(19(26)12-18)30-14-17-6-4-3-5-7-17/h3-13H,14H2,1-2H3/b23-13-. The first kappa shape index (κ1) is 20.0. The lowest BCUT2D eigenvalue weighted by atomic mass is 10.1. The molecule has 0 radical (unpaired) electrons. The number of halogens is 1. The molecule has 0 N–H and O–H groups in total. The number of imidazole rings is 1. The molecular formula is C25H19BrN2O2S. The van der Waals surface area contributed by atoms with Gasteiger partial charge in [0.1, 0.15) is 12.4 Å². The number of hydrogen-bond acceptors (Lipinski definition) is 4. The van der Waals surface area contributed by atoms with E-state index in [1.807, 2.05) is 66.7 Å². The van der Waals surface area contributed by atoms with Crippen LogP contribution in [0.5, 0.6) is 5.75 Å². The van der Waals surface area contributed by atoms with Crippen molar-refractivity contribution in [3.63, 3.8) is 0 Å². The Labute approximate surface area is 191 Å². The lowest BCUT2D eigenvalue weighted by Gasteiger charge is -2.08. The lowest BCUT2D eigenvalue weighted by molar-refractivity contribution is 0.304. The highest BCUT2D eigenvalue weighted by Crippen LogP contribution is 2.27. The summed E-state index contributed by atoms with van der Waals surface area (Å²) in [5.41, 5.74) is 6.06. The Hall–Kier alpha value is -2.96. The first-order valence-corrected chi connectivity index (χ1v) is 11.5. The van der Waals surface area contributed by atoms with E-state index in [9.17, 15) is 4.79 Å². The van der Waals surface area contributed by atoms with E-state index in [0.717, 1.165) is 42.9 Å². The molecule has 154 valence electrons. The van der Waals surface area contributed by atoms with Gasteiger partial charge in [0.2, 0.25) is 0 Å². The van der Waals surface area contributed by atoms with Crippen molar-refractivity contribution >= 4 is 49.3 Å². The van der Waals surface area contributed by atoms with Gasteiger partial charge in [0, 0.05) is 0 Å². The number of thiazole rings is 1. The molecule has 6 heteroatoms. The molecule has 0 atom stereocenters. The van der Waals surface area contributed by atoms with Crippen LogP contribution in [0.15, 0.2) is 69.9 Å². The smallest absolute Gasteiger partial charge is 0.274 e. The Morgan fingerprint density at radius 2 is 1.84 bits per heavy atom. The highest BCUT2D eigenvalue weighted by Gasteiger charge is 2.12. The zero-order valence-corrected chi connectivity index (χ0v) is 19.5. The quantitative estimate of drug-likeness (QED) is 0.338. The van der Waals surface area contributed by atoms with Gasteiger partial charge < -0.3 is 4.74 Å². The first-order valence-electron chi connectivity index (χ1n) is 9.90. The number of ether oxygens (including phenoxy) is 1. The number of rotatable bonds is 4. The second-order valence-electron chi connectivity index (χ2n) is 7.53. The second-order valence-corrected chi connectivity index (χ2v) is 9.40. The second kappa shape index (κ2) is 7.94. The molecule has 0 bridgehead atoms. The molecule has 2 heterocycles. The number of aryl methyl sites for hydroxylation is 2. The minimum atomic E-state index is -0.0359. The van der Waals surface area contributed by atoms with E-state index in [4.69, 9.17) is 4.74 Å². The normalized spacial score (nSPS) is 12.2. The van der Waals surface area contributed by atoms with Crippen LogP contribution >= 0.6 is 27.3 Å². The Kier molecular flexibility index (Phi) is 5.12. The van der Waals surface area contributed by atoms with Crippen LogP contribution < -0.4 is 14.8 Å². The average Bonchev–Trinajstić information content (AvgIpc) is 3.24. The van der Waals surface area contributed by atoms with Crippen molar-refractivity contribution in [1.29, 1.82) is 0 Å². The van der Waals surface area contributed by atoms with Crippen molar-refractivity contribution in [2.24, 2.45) is 0 Å². The molecule has 5 rings (SSSR count). The maximum Gasteiger partial charge on any atom is 0.274 e. The van der Waals surface area contributed by atoms with Gasteiger partial charge in [0.15, 0.2) is 4.96 Å². The van der Waals surface area contributed by atoms with Gasteiger partial charge in [-0.1, -0.05) is 47.7 Å². The zero-order chi connectivity index (χ0) is 21.5. The van der Waals surface area contributed by atoms with Gasteiger partial charge >= 0.3 is 0 Å². The fourth-order valence-corrected chi connectivity index (χ4v) is 5.03. The molecule has 31 heavy (non-hydrogen) atoms. The molecule has 0 aliphatic carbocycles. The summed E-state index contributed by atoms with van der Waals surface area (Å²) in [7, 11) is 0. The van der Waals surface area contributed by atoms with Gasteiger partial charge in [-0.3, -0.25) is 4.79 Å². The highest BCUT2D eigenvalue weighted by atomic mass is 79.9. The molecule has 0 saturated heterocycles. The summed E-state index contributed by atoms with van der Waals surface area (Å²) in [6.07, 6.45) is 1.90. The maximum atomic E-state index is 13.1. The summed E-state index contributed by atoms with van der Waals surface area (Å²) < 4.78 is 9.14. The van der Waals surface area contributed by atoms with Crippen LogP contribution in [0.25, 0.3) is 22.1 Å². The van der Waals surface area contributed by atoms with Gasteiger partial charge in [-0.25, -0.2) is 9.38 Å². The average molecular weight is 491 g/mol. The summed E-state index contributed by atoms with van der Waals surface area (Å²) in [5.74, 6) is 0.765. The number of benzene rings is 3. The fraction of sp³-hybridized carbons (Fsp3) is 0.120. The summed E-state index contributed by atoms with van der Waals surface area (Å²) in [6.45, 7) is 4.61. The molecule has 0 fully saturated rings. The summed E-state index contributed by atoms with van der Waals surface area (Å²) in [4.78, 5) is 18.5. The van der Waals surface area contributed by atoms with Crippen LogP contribution in [0, 0.1) is 13.8 Å². The van der Waals surface area contributed by atoms with Crippen LogP contribution in [0.3, 0.4) is 0 Å². The van der Waals surface area contributed by atoms with E-state index in [-0.39, 0.29) is 5.56 Å². The first-order chi connectivity index (χ1) is 15.0. The molecule has 3 aromatic carbocycles. The minimum absolute atomic E-state index is 0.0359. The third-order valence-electron chi connectivity index (χ3n) is 5.35. The van der Waals surface area contributed by atoms with E-state index < -0.39 is 0 Å². The van der Waals surface area contributed by atoms with Gasteiger partial charge in [-0.2, -0.15) is 0 Å². The van der Waals surface area contributed by atoms with E-state index in [1.54, 1.807) is 4.40 Å². The van der Waals surface area contributed by atoms with E-state index in [2.05, 4.69) is 34.8 Å². The maximum absolute atomic E-state index is 13.1. The number of nitrogens with zero attached hydrogens (tertiary/aromatic N) is 2. The molecule has 0 aliphatic heterocycles. The molecule has 2 aromatic heterocycles.